The molecule has 28 heavy (non-hydrogen) atoms. The number of thioether (sulfide) groups is 1. The van der Waals surface area contributed by atoms with Gasteiger partial charge in [-0.15, -0.1) is 11.8 Å². The molecule has 0 unspecified atom stereocenters. The average Bonchev–Trinajstić information content (AvgIpc) is 3.08. The van der Waals surface area contributed by atoms with Crippen molar-refractivity contribution in [3.8, 4) is 5.75 Å². The van der Waals surface area contributed by atoms with Gasteiger partial charge < -0.3 is 10.1 Å². The molecule has 142 valence electrons. The van der Waals surface area contributed by atoms with Gasteiger partial charge in [0.2, 0.25) is 5.91 Å². The minimum atomic E-state index is -0.0989. The fourth-order valence-corrected chi connectivity index (χ4v) is 5.05. The second kappa shape index (κ2) is 8.39. The lowest BCUT2D eigenvalue weighted by molar-refractivity contribution is -0.113. The Hall–Kier alpha value is -2.28. The number of thiazole rings is 1. The largest absolute Gasteiger partial charge is 0.494 e. The number of hydrogen-bond donors (Lipinski definition) is 1. The standard InChI is InChI=1S/C21H17ClN2O2S2/c1-2-26-14-9-10-16-18(11-14)28-21(23-16)24-19(25)12-27-17-8-4-6-13-5-3-7-15(22)20(13)17/h3-11H,2,12H2,1H3,(H,23,24,25). The summed E-state index contributed by atoms with van der Waals surface area (Å²) in [5.74, 6) is 0.989. The minimum absolute atomic E-state index is 0.0989. The Morgan fingerprint density at radius 2 is 2.04 bits per heavy atom. The zero-order valence-electron chi connectivity index (χ0n) is 15.1. The normalized spacial score (nSPS) is 11.1. The highest BCUT2D eigenvalue weighted by molar-refractivity contribution is 8.00. The van der Waals surface area contributed by atoms with Crippen molar-refractivity contribution in [1.29, 1.82) is 0 Å². The van der Waals surface area contributed by atoms with Crippen LogP contribution in [0.1, 0.15) is 6.92 Å². The van der Waals surface area contributed by atoms with Crippen LogP contribution in [0.5, 0.6) is 5.75 Å². The molecule has 4 aromatic rings. The molecule has 4 rings (SSSR count). The second-order valence-corrected chi connectivity index (χ2v) is 8.47. The Labute approximate surface area is 175 Å². The lowest BCUT2D eigenvalue weighted by atomic mass is 10.1. The van der Waals surface area contributed by atoms with Gasteiger partial charge in [0, 0.05) is 15.3 Å². The van der Waals surface area contributed by atoms with E-state index in [-0.39, 0.29) is 11.7 Å². The number of carbonyl (C=O) groups is 1. The molecule has 1 N–H and O–H groups in total. The maximum atomic E-state index is 12.4. The summed E-state index contributed by atoms with van der Waals surface area (Å²) in [6.45, 7) is 2.56. The van der Waals surface area contributed by atoms with Gasteiger partial charge in [-0.1, -0.05) is 47.2 Å². The van der Waals surface area contributed by atoms with Crippen molar-refractivity contribution in [3.05, 3.63) is 59.6 Å². The molecule has 0 aliphatic heterocycles. The molecule has 0 spiro atoms. The molecule has 1 amide bonds. The van der Waals surface area contributed by atoms with Gasteiger partial charge in [-0.25, -0.2) is 4.98 Å². The molecule has 0 aliphatic rings. The first-order valence-electron chi connectivity index (χ1n) is 8.77. The number of nitrogens with one attached hydrogen (secondary N) is 1. The van der Waals surface area contributed by atoms with E-state index in [1.807, 2.05) is 61.5 Å². The maximum absolute atomic E-state index is 12.4. The van der Waals surface area contributed by atoms with Crippen molar-refractivity contribution in [2.45, 2.75) is 11.8 Å². The predicted octanol–water partition coefficient (Wildman–Crippen LogP) is 6.23. The van der Waals surface area contributed by atoms with Gasteiger partial charge in [0.15, 0.2) is 5.13 Å². The van der Waals surface area contributed by atoms with Crippen LogP contribution >= 0.6 is 34.7 Å². The van der Waals surface area contributed by atoms with Crippen LogP contribution in [0, 0.1) is 0 Å². The van der Waals surface area contributed by atoms with E-state index in [0.717, 1.165) is 31.6 Å². The number of carbonyl (C=O) groups excluding carboxylic acids is 1. The van der Waals surface area contributed by atoms with Crippen LogP contribution in [0.15, 0.2) is 59.5 Å². The molecule has 0 fully saturated rings. The summed E-state index contributed by atoms with van der Waals surface area (Å²) in [5.41, 5.74) is 0.845. The van der Waals surface area contributed by atoms with Gasteiger partial charge in [0.25, 0.3) is 0 Å². The lowest BCUT2D eigenvalue weighted by Crippen LogP contribution is -2.13. The van der Waals surface area contributed by atoms with Crippen molar-refractivity contribution in [2.24, 2.45) is 0 Å². The van der Waals surface area contributed by atoms with Gasteiger partial charge >= 0.3 is 0 Å². The van der Waals surface area contributed by atoms with E-state index in [9.17, 15) is 4.79 Å². The van der Waals surface area contributed by atoms with Crippen LogP contribution in [-0.2, 0) is 4.79 Å². The molecule has 7 heteroatoms. The van der Waals surface area contributed by atoms with E-state index in [1.165, 1.54) is 23.1 Å². The minimum Gasteiger partial charge on any atom is -0.494 e. The van der Waals surface area contributed by atoms with Crippen LogP contribution in [-0.4, -0.2) is 23.3 Å². The monoisotopic (exact) mass is 428 g/mol. The quantitative estimate of drug-likeness (QED) is 0.370. The summed E-state index contributed by atoms with van der Waals surface area (Å²) in [6.07, 6.45) is 0. The first kappa shape index (κ1) is 19.1. The highest BCUT2D eigenvalue weighted by atomic mass is 35.5. The van der Waals surface area contributed by atoms with Gasteiger partial charge in [-0.2, -0.15) is 0 Å². The Bertz CT molecular complexity index is 1150. The molecule has 0 aliphatic carbocycles. The first-order valence-corrected chi connectivity index (χ1v) is 11.0. The number of hydrogen-bond acceptors (Lipinski definition) is 5. The molecule has 3 aromatic carbocycles. The molecule has 1 aromatic heterocycles. The molecule has 0 radical (unpaired) electrons. The third-order valence-electron chi connectivity index (χ3n) is 4.09. The maximum Gasteiger partial charge on any atom is 0.236 e. The fraction of sp³-hybridized carbons (Fsp3) is 0.143. The number of nitrogens with zero attached hydrogens (tertiary/aromatic N) is 1. The third-order valence-corrected chi connectivity index (χ3v) is 6.40. The summed E-state index contributed by atoms with van der Waals surface area (Å²) in [7, 11) is 0. The third kappa shape index (κ3) is 4.09. The number of aromatic nitrogens is 1. The summed E-state index contributed by atoms with van der Waals surface area (Å²) < 4.78 is 6.50. The molecular formula is C21H17ClN2O2S2. The molecule has 0 atom stereocenters. The van der Waals surface area contributed by atoms with Crippen molar-refractivity contribution in [2.75, 3.05) is 17.7 Å². The van der Waals surface area contributed by atoms with Crippen molar-refractivity contribution >= 4 is 66.7 Å². The topological polar surface area (TPSA) is 51.2 Å². The van der Waals surface area contributed by atoms with E-state index in [4.69, 9.17) is 16.3 Å². The number of halogens is 1. The zero-order valence-corrected chi connectivity index (χ0v) is 17.5. The Morgan fingerprint density at radius 1 is 1.21 bits per heavy atom. The van der Waals surface area contributed by atoms with Crippen molar-refractivity contribution in [3.63, 3.8) is 0 Å². The number of fused-ring (bicyclic) bond motifs is 2. The fourth-order valence-electron chi connectivity index (χ4n) is 2.90. The number of ether oxygens (including phenoxy) is 1. The second-order valence-electron chi connectivity index (χ2n) is 6.01. The van der Waals surface area contributed by atoms with Crippen molar-refractivity contribution < 1.29 is 9.53 Å². The predicted molar refractivity (Wildman–Crippen MR) is 119 cm³/mol. The van der Waals surface area contributed by atoms with E-state index < -0.39 is 0 Å². The highest BCUT2D eigenvalue weighted by Crippen LogP contribution is 2.34. The van der Waals surface area contributed by atoms with Crippen LogP contribution in [0.25, 0.3) is 21.0 Å². The van der Waals surface area contributed by atoms with Gasteiger partial charge in [-0.05, 0) is 42.6 Å². The van der Waals surface area contributed by atoms with Gasteiger partial charge in [0.1, 0.15) is 5.75 Å². The lowest BCUT2D eigenvalue weighted by Gasteiger charge is -2.07. The number of rotatable bonds is 6. The van der Waals surface area contributed by atoms with E-state index in [1.54, 1.807) is 0 Å². The Morgan fingerprint density at radius 3 is 2.86 bits per heavy atom. The number of benzene rings is 3. The first-order chi connectivity index (χ1) is 13.6. The number of anilines is 1. The van der Waals surface area contributed by atoms with Crippen LogP contribution < -0.4 is 10.1 Å². The smallest absolute Gasteiger partial charge is 0.236 e. The van der Waals surface area contributed by atoms with Crippen LogP contribution in [0.4, 0.5) is 5.13 Å². The van der Waals surface area contributed by atoms with Crippen LogP contribution in [0.3, 0.4) is 0 Å². The molecule has 1 heterocycles. The summed E-state index contributed by atoms with van der Waals surface area (Å²) in [5, 5.41) is 6.21. The van der Waals surface area contributed by atoms with Gasteiger partial charge in [0.05, 0.1) is 22.6 Å². The molecule has 0 saturated heterocycles. The van der Waals surface area contributed by atoms with E-state index >= 15 is 0 Å². The van der Waals surface area contributed by atoms with E-state index in [2.05, 4.69) is 10.3 Å². The average molecular weight is 429 g/mol. The Balaban J connectivity index is 1.46. The van der Waals surface area contributed by atoms with Gasteiger partial charge in [-0.3, -0.25) is 4.79 Å². The van der Waals surface area contributed by atoms with E-state index in [0.29, 0.717) is 16.8 Å². The zero-order chi connectivity index (χ0) is 19.5. The highest BCUT2D eigenvalue weighted by Gasteiger charge is 2.11. The molecule has 0 bridgehead atoms. The molecule has 0 saturated carbocycles. The van der Waals surface area contributed by atoms with Crippen LogP contribution in [0.2, 0.25) is 5.02 Å². The Kier molecular flexibility index (Phi) is 5.71. The van der Waals surface area contributed by atoms with Crippen molar-refractivity contribution in [1.82, 2.24) is 4.98 Å². The number of amides is 1. The molecule has 4 nitrogen and oxygen atoms in total. The molecular weight excluding hydrogens is 412 g/mol. The summed E-state index contributed by atoms with van der Waals surface area (Å²) in [6, 6.07) is 17.5. The summed E-state index contributed by atoms with van der Waals surface area (Å²) >= 11 is 9.26. The SMILES string of the molecule is CCOc1ccc2nc(NC(=O)CSc3cccc4cccc(Cl)c34)sc2c1. The summed E-state index contributed by atoms with van der Waals surface area (Å²) in [4.78, 5) is 17.9.